The monoisotopic (exact) mass is 456 g/mol. The van der Waals surface area contributed by atoms with Crippen LogP contribution in [0.4, 0.5) is 0 Å². The number of nitrogens with one attached hydrogen (secondary N) is 1. The summed E-state index contributed by atoms with van der Waals surface area (Å²) < 4.78 is 1.81. The number of aromatic nitrogens is 3. The van der Waals surface area contributed by atoms with E-state index >= 15 is 0 Å². The molecular weight excluding hydrogens is 436 g/mol. The first-order valence-electron chi connectivity index (χ1n) is 10.2. The lowest BCUT2D eigenvalue weighted by Gasteiger charge is -2.07. The third kappa shape index (κ3) is 4.54. The van der Waals surface area contributed by atoms with E-state index in [2.05, 4.69) is 16.5 Å². The van der Waals surface area contributed by atoms with E-state index < -0.39 is 0 Å². The number of carbonyl (C=O) groups excluding carboxylic acids is 1. The van der Waals surface area contributed by atoms with Crippen LogP contribution < -0.4 is 5.32 Å². The zero-order valence-electron chi connectivity index (χ0n) is 17.1. The van der Waals surface area contributed by atoms with Crippen LogP contribution in [0.15, 0.2) is 90.6 Å². The molecule has 0 atom stereocenters. The first-order valence-corrected chi connectivity index (χ1v) is 11.9. The lowest BCUT2D eigenvalue weighted by atomic mass is 10.2. The molecule has 0 fully saturated rings. The third-order valence-electron chi connectivity index (χ3n) is 4.99. The summed E-state index contributed by atoms with van der Waals surface area (Å²) in [7, 11) is 0. The van der Waals surface area contributed by atoms with Crippen molar-refractivity contribution in [3.8, 4) is 26.8 Å². The molecule has 0 radical (unpaired) electrons. The van der Waals surface area contributed by atoms with Crippen molar-refractivity contribution in [3.63, 3.8) is 0 Å². The molecule has 0 spiro atoms. The van der Waals surface area contributed by atoms with Crippen molar-refractivity contribution in [2.75, 3.05) is 0 Å². The van der Waals surface area contributed by atoms with Gasteiger partial charge in [-0.3, -0.25) is 4.79 Å². The Morgan fingerprint density at radius 3 is 2.53 bits per heavy atom. The number of benzene rings is 2. The van der Waals surface area contributed by atoms with E-state index in [1.54, 1.807) is 28.9 Å². The maximum absolute atomic E-state index is 12.8. The van der Waals surface area contributed by atoms with Gasteiger partial charge in [-0.25, -0.2) is 9.67 Å². The van der Waals surface area contributed by atoms with E-state index in [-0.39, 0.29) is 5.91 Å². The zero-order chi connectivity index (χ0) is 21.8. The normalized spacial score (nSPS) is 10.9. The number of thiazole rings is 1. The summed E-state index contributed by atoms with van der Waals surface area (Å²) in [5.74, 6) is -0.0118. The number of carbonyl (C=O) groups is 1. The number of rotatable bonds is 7. The zero-order valence-corrected chi connectivity index (χ0v) is 18.8. The summed E-state index contributed by atoms with van der Waals surface area (Å²) in [6.45, 7) is 0.483. The van der Waals surface area contributed by atoms with Crippen molar-refractivity contribution in [2.45, 2.75) is 13.0 Å². The van der Waals surface area contributed by atoms with Crippen LogP contribution in [0.3, 0.4) is 0 Å². The molecule has 0 saturated heterocycles. The molecule has 0 aliphatic heterocycles. The summed E-state index contributed by atoms with van der Waals surface area (Å²) in [4.78, 5) is 19.7. The summed E-state index contributed by atoms with van der Waals surface area (Å²) in [6, 6.07) is 24.1. The van der Waals surface area contributed by atoms with Crippen molar-refractivity contribution >= 4 is 28.6 Å². The number of hydrogen-bond acceptors (Lipinski definition) is 5. The van der Waals surface area contributed by atoms with Crippen LogP contribution in [0.5, 0.6) is 0 Å². The average Bonchev–Trinajstić information content (AvgIpc) is 3.61. The molecule has 2 aromatic carbocycles. The van der Waals surface area contributed by atoms with Gasteiger partial charge in [0.1, 0.15) is 5.01 Å². The van der Waals surface area contributed by atoms with Crippen molar-refractivity contribution in [1.29, 1.82) is 0 Å². The van der Waals surface area contributed by atoms with Crippen LogP contribution in [0, 0.1) is 0 Å². The van der Waals surface area contributed by atoms with Gasteiger partial charge >= 0.3 is 0 Å². The lowest BCUT2D eigenvalue weighted by molar-refractivity contribution is -0.120. The molecule has 5 aromatic rings. The Morgan fingerprint density at radius 1 is 0.969 bits per heavy atom. The Bertz CT molecular complexity index is 1290. The van der Waals surface area contributed by atoms with Crippen LogP contribution in [-0.2, 0) is 17.8 Å². The predicted molar refractivity (Wildman–Crippen MR) is 130 cm³/mol. The first kappa shape index (κ1) is 20.4. The van der Waals surface area contributed by atoms with Crippen molar-refractivity contribution in [1.82, 2.24) is 20.1 Å². The second kappa shape index (κ2) is 9.30. The molecule has 0 bridgehead atoms. The van der Waals surface area contributed by atoms with Gasteiger partial charge in [0.2, 0.25) is 5.91 Å². The molecule has 0 aliphatic carbocycles. The standard InChI is InChI=1S/C25H20N4OS2/c30-23(26-17-18-9-11-20(12-10-18)29-14-5-13-27-29)16-22-24(21-8-4-15-31-21)28-25(32-22)19-6-2-1-3-7-19/h1-15H,16-17H2,(H,26,30). The number of amides is 1. The molecule has 1 amide bonds. The van der Waals surface area contributed by atoms with Crippen LogP contribution >= 0.6 is 22.7 Å². The van der Waals surface area contributed by atoms with Crippen LogP contribution in [-0.4, -0.2) is 20.7 Å². The number of nitrogens with zero attached hydrogens (tertiary/aromatic N) is 3. The van der Waals surface area contributed by atoms with Gasteiger partial charge in [0, 0.05) is 29.4 Å². The average molecular weight is 457 g/mol. The highest BCUT2D eigenvalue weighted by atomic mass is 32.1. The summed E-state index contributed by atoms with van der Waals surface area (Å²) >= 11 is 3.23. The molecule has 7 heteroatoms. The van der Waals surface area contributed by atoms with Gasteiger partial charge in [0.15, 0.2) is 0 Å². The van der Waals surface area contributed by atoms with Gasteiger partial charge in [0.05, 0.1) is 22.7 Å². The van der Waals surface area contributed by atoms with E-state index in [9.17, 15) is 4.79 Å². The van der Waals surface area contributed by atoms with Gasteiger partial charge in [-0.15, -0.1) is 22.7 Å². The Kier molecular flexibility index (Phi) is 5.91. The minimum atomic E-state index is -0.0118. The Labute approximate surface area is 194 Å². The fraction of sp³-hybridized carbons (Fsp3) is 0.0800. The van der Waals surface area contributed by atoms with E-state index in [0.717, 1.165) is 37.3 Å². The Balaban J connectivity index is 1.29. The van der Waals surface area contributed by atoms with E-state index in [1.165, 1.54) is 0 Å². The second-order valence-electron chi connectivity index (χ2n) is 7.20. The third-order valence-corrected chi connectivity index (χ3v) is 6.97. The van der Waals surface area contributed by atoms with Gasteiger partial charge < -0.3 is 5.32 Å². The minimum absolute atomic E-state index is 0.0118. The molecule has 5 nitrogen and oxygen atoms in total. The van der Waals surface area contributed by atoms with Crippen molar-refractivity contribution in [2.24, 2.45) is 0 Å². The van der Waals surface area contributed by atoms with Crippen molar-refractivity contribution in [3.05, 3.63) is 101 Å². The van der Waals surface area contributed by atoms with Gasteiger partial charge in [-0.1, -0.05) is 48.5 Å². The Hall–Kier alpha value is -3.55. The van der Waals surface area contributed by atoms with Gasteiger partial charge in [-0.05, 0) is 35.2 Å². The lowest BCUT2D eigenvalue weighted by Crippen LogP contribution is -2.24. The maximum atomic E-state index is 12.8. The summed E-state index contributed by atoms with van der Waals surface area (Å²) in [5, 5.41) is 10.2. The van der Waals surface area contributed by atoms with Gasteiger partial charge in [-0.2, -0.15) is 5.10 Å². The van der Waals surface area contributed by atoms with Crippen molar-refractivity contribution < 1.29 is 4.79 Å². The van der Waals surface area contributed by atoms with Crippen LogP contribution in [0.2, 0.25) is 0 Å². The van der Waals surface area contributed by atoms with Gasteiger partial charge in [0.25, 0.3) is 0 Å². The molecule has 32 heavy (non-hydrogen) atoms. The largest absolute Gasteiger partial charge is 0.352 e. The van der Waals surface area contributed by atoms with E-state index in [0.29, 0.717) is 13.0 Å². The maximum Gasteiger partial charge on any atom is 0.225 e. The molecular formula is C25H20N4OS2. The molecule has 5 rings (SSSR count). The minimum Gasteiger partial charge on any atom is -0.352 e. The van der Waals surface area contributed by atoms with E-state index in [1.807, 2.05) is 83.0 Å². The smallest absolute Gasteiger partial charge is 0.225 e. The highest BCUT2D eigenvalue weighted by Crippen LogP contribution is 2.36. The molecule has 158 valence electrons. The molecule has 0 unspecified atom stereocenters. The SMILES string of the molecule is O=C(Cc1sc(-c2ccccc2)nc1-c1cccs1)NCc1ccc(-n2cccn2)cc1. The van der Waals surface area contributed by atoms with E-state index in [4.69, 9.17) is 4.98 Å². The summed E-state index contributed by atoms with van der Waals surface area (Å²) in [5.41, 5.74) is 4.01. The molecule has 0 saturated carbocycles. The molecule has 1 N–H and O–H groups in total. The topological polar surface area (TPSA) is 59.8 Å². The number of thiophene rings is 1. The second-order valence-corrected chi connectivity index (χ2v) is 9.24. The molecule has 3 aromatic heterocycles. The highest BCUT2D eigenvalue weighted by Gasteiger charge is 2.17. The Morgan fingerprint density at radius 2 is 1.81 bits per heavy atom. The fourth-order valence-electron chi connectivity index (χ4n) is 3.38. The fourth-order valence-corrected chi connectivity index (χ4v) is 5.26. The molecule has 0 aliphatic rings. The predicted octanol–water partition coefficient (Wildman–Crippen LogP) is 5.58. The first-order chi connectivity index (χ1) is 15.8. The van der Waals surface area contributed by atoms with Crippen LogP contribution in [0.25, 0.3) is 26.8 Å². The summed E-state index contributed by atoms with van der Waals surface area (Å²) in [6.07, 6.45) is 3.96. The number of hydrogen-bond donors (Lipinski definition) is 1. The quantitative estimate of drug-likeness (QED) is 0.348. The van der Waals surface area contributed by atoms with Crippen LogP contribution in [0.1, 0.15) is 10.4 Å². The molecule has 3 heterocycles. The highest BCUT2D eigenvalue weighted by molar-refractivity contribution is 7.17.